The third-order valence-corrected chi connectivity index (χ3v) is 3.49. The van der Waals surface area contributed by atoms with Gasteiger partial charge in [0.25, 0.3) is 0 Å². The number of carbonyl (C=O) groups excluding carboxylic acids is 1. The molecule has 0 N–H and O–H groups in total. The maximum atomic E-state index is 11.5. The summed E-state index contributed by atoms with van der Waals surface area (Å²) in [5, 5.41) is 0. The molecule has 1 saturated carbocycles. The lowest BCUT2D eigenvalue weighted by atomic mass is 10.0. The molecular formula is C15H20O2. The monoisotopic (exact) mass is 232 g/mol. The second kappa shape index (κ2) is 5.35. The Morgan fingerprint density at radius 3 is 2.82 bits per heavy atom. The summed E-state index contributed by atoms with van der Waals surface area (Å²) in [5.74, 6) is 1.62. The zero-order valence-electron chi connectivity index (χ0n) is 10.7. The molecule has 1 unspecified atom stereocenters. The van der Waals surface area contributed by atoms with Crippen molar-refractivity contribution in [2.75, 3.05) is 6.61 Å². The maximum absolute atomic E-state index is 11.5. The van der Waals surface area contributed by atoms with Gasteiger partial charge in [-0.2, -0.15) is 0 Å². The van der Waals surface area contributed by atoms with Gasteiger partial charge < -0.3 is 4.74 Å². The van der Waals surface area contributed by atoms with Gasteiger partial charge in [-0.15, -0.1) is 0 Å². The normalized spacial score (nSPS) is 19.6. The number of ketones is 1. The van der Waals surface area contributed by atoms with Crippen LogP contribution in [0.4, 0.5) is 0 Å². The van der Waals surface area contributed by atoms with Crippen LogP contribution in [-0.2, 0) is 4.79 Å². The Morgan fingerprint density at radius 1 is 1.35 bits per heavy atom. The summed E-state index contributed by atoms with van der Waals surface area (Å²) < 4.78 is 5.75. The van der Waals surface area contributed by atoms with E-state index in [2.05, 4.69) is 26.0 Å². The summed E-state index contributed by atoms with van der Waals surface area (Å²) >= 11 is 0. The first-order chi connectivity index (χ1) is 8.16. The molecule has 0 amide bonds. The van der Waals surface area contributed by atoms with Crippen molar-refractivity contribution < 1.29 is 9.53 Å². The Labute approximate surface area is 103 Å². The molecule has 0 spiro atoms. The predicted octanol–water partition coefficient (Wildman–Crippen LogP) is 3.44. The highest BCUT2D eigenvalue weighted by Crippen LogP contribution is 2.25. The van der Waals surface area contributed by atoms with Gasteiger partial charge in [-0.3, -0.25) is 4.79 Å². The van der Waals surface area contributed by atoms with Crippen molar-refractivity contribution in [3.8, 4) is 5.75 Å². The number of ether oxygens (including phenoxy) is 1. The molecule has 92 valence electrons. The molecule has 1 aromatic rings. The summed E-state index contributed by atoms with van der Waals surface area (Å²) in [4.78, 5) is 11.5. The third kappa shape index (κ3) is 3.09. The highest BCUT2D eigenvalue weighted by molar-refractivity contribution is 5.82. The minimum absolute atomic E-state index is 0.251. The van der Waals surface area contributed by atoms with E-state index < -0.39 is 0 Å². The van der Waals surface area contributed by atoms with Crippen LogP contribution in [0.3, 0.4) is 0 Å². The zero-order valence-corrected chi connectivity index (χ0v) is 10.7. The van der Waals surface area contributed by atoms with Crippen molar-refractivity contribution in [2.45, 2.75) is 39.5 Å². The molecule has 0 heterocycles. The van der Waals surface area contributed by atoms with Gasteiger partial charge in [0.1, 0.15) is 11.5 Å². The van der Waals surface area contributed by atoms with Crippen LogP contribution in [0.2, 0.25) is 0 Å². The van der Waals surface area contributed by atoms with E-state index in [4.69, 9.17) is 4.74 Å². The molecule has 0 bridgehead atoms. The van der Waals surface area contributed by atoms with Gasteiger partial charge in [0, 0.05) is 12.3 Å². The Morgan fingerprint density at radius 2 is 2.18 bits per heavy atom. The molecule has 17 heavy (non-hydrogen) atoms. The lowest BCUT2D eigenvalue weighted by Crippen LogP contribution is -2.11. The Balaban J connectivity index is 1.83. The zero-order chi connectivity index (χ0) is 12.3. The Kier molecular flexibility index (Phi) is 3.82. The van der Waals surface area contributed by atoms with Crippen molar-refractivity contribution in [1.82, 2.24) is 0 Å². The fraction of sp³-hybridized carbons (Fsp3) is 0.533. The molecule has 2 nitrogen and oxygen atoms in total. The van der Waals surface area contributed by atoms with Crippen LogP contribution in [0, 0.1) is 19.8 Å². The van der Waals surface area contributed by atoms with E-state index in [1.165, 1.54) is 11.1 Å². The van der Waals surface area contributed by atoms with Gasteiger partial charge >= 0.3 is 0 Å². The van der Waals surface area contributed by atoms with Crippen LogP contribution in [0.15, 0.2) is 18.2 Å². The molecule has 1 fully saturated rings. The minimum Gasteiger partial charge on any atom is -0.493 e. The van der Waals surface area contributed by atoms with E-state index in [-0.39, 0.29) is 5.92 Å². The van der Waals surface area contributed by atoms with Crippen molar-refractivity contribution >= 4 is 5.78 Å². The molecular weight excluding hydrogens is 212 g/mol. The van der Waals surface area contributed by atoms with E-state index in [0.29, 0.717) is 12.4 Å². The van der Waals surface area contributed by atoms with E-state index >= 15 is 0 Å². The lowest BCUT2D eigenvalue weighted by Gasteiger charge is -2.12. The van der Waals surface area contributed by atoms with Gasteiger partial charge in [-0.05, 0) is 44.7 Å². The quantitative estimate of drug-likeness (QED) is 0.795. The van der Waals surface area contributed by atoms with Crippen molar-refractivity contribution in [1.29, 1.82) is 0 Å². The first-order valence-corrected chi connectivity index (χ1v) is 6.39. The molecule has 1 aliphatic rings. The summed E-state index contributed by atoms with van der Waals surface area (Å²) in [6.45, 7) is 4.79. The fourth-order valence-corrected chi connectivity index (χ4v) is 2.47. The highest BCUT2D eigenvalue weighted by Gasteiger charge is 2.23. The Bertz CT molecular complexity index is 409. The number of rotatable bonds is 4. The second-order valence-corrected chi connectivity index (χ2v) is 4.96. The van der Waals surface area contributed by atoms with Crippen LogP contribution in [0.25, 0.3) is 0 Å². The Hall–Kier alpha value is -1.31. The van der Waals surface area contributed by atoms with Gasteiger partial charge in [0.05, 0.1) is 6.61 Å². The van der Waals surface area contributed by atoms with Crippen LogP contribution in [0.1, 0.15) is 36.8 Å². The number of hydrogen-bond donors (Lipinski definition) is 0. The van der Waals surface area contributed by atoms with Gasteiger partial charge in [-0.1, -0.05) is 17.7 Å². The van der Waals surface area contributed by atoms with E-state index in [9.17, 15) is 4.79 Å². The van der Waals surface area contributed by atoms with Gasteiger partial charge in [-0.25, -0.2) is 0 Å². The number of carbonyl (C=O) groups is 1. The second-order valence-electron chi connectivity index (χ2n) is 4.96. The van der Waals surface area contributed by atoms with Crippen molar-refractivity contribution in [3.05, 3.63) is 29.3 Å². The molecule has 2 rings (SSSR count). The average Bonchev–Trinajstić information content (AvgIpc) is 2.68. The molecule has 0 aromatic heterocycles. The summed E-state index contributed by atoms with van der Waals surface area (Å²) in [6, 6.07) is 6.19. The van der Waals surface area contributed by atoms with E-state index in [1.54, 1.807) is 0 Å². The van der Waals surface area contributed by atoms with E-state index in [0.717, 1.165) is 31.4 Å². The van der Waals surface area contributed by atoms with Gasteiger partial charge in [0.15, 0.2) is 0 Å². The summed E-state index contributed by atoms with van der Waals surface area (Å²) in [7, 11) is 0. The lowest BCUT2D eigenvalue weighted by molar-refractivity contribution is -0.121. The molecule has 0 aliphatic heterocycles. The number of Topliss-reactive ketones (excluding diaryl/α,β-unsaturated/α-hetero) is 1. The first kappa shape index (κ1) is 12.2. The van der Waals surface area contributed by atoms with Gasteiger partial charge in [0.2, 0.25) is 0 Å². The topological polar surface area (TPSA) is 26.3 Å². The van der Waals surface area contributed by atoms with Crippen LogP contribution in [-0.4, -0.2) is 12.4 Å². The van der Waals surface area contributed by atoms with Crippen LogP contribution >= 0.6 is 0 Å². The molecule has 1 atom stereocenters. The van der Waals surface area contributed by atoms with Crippen molar-refractivity contribution in [3.63, 3.8) is 0 Å². The number of aryl methyl sites for hydroxylation is 2. The maximum Gasteiger partial charge on any atom is 0.136 e. The molecule has 0 saturated heterocycles. The fourth-order valence-electron chi connectivity index (χ4n) is 2.47. The highest BCUT2D eigenvalue weighted by atomic mass is 16.5. The van der Waals surface area contributed by atoms with E-state index in [1.807, 2.05) is 6.07 Å². The van der Waals surface area contributed by atoms with Crippen LogP contribution < -0.4 is 4.74 Å². The molecule has 0 radical (unpaired) electrons. The SMILES string of the molecule is Cc1ccc(OCCC2CCCC2=O)c(C)c1. The minimum atomic E-state index is 0.251. The average molecular weight is 232 g/mol. The molecule has 1 aliphatic carbocycles. The number of benzene rings is 1. The van der Waals surface area contributed by atoms with Crippen LogP contribution in [0.5, 0.6) is 5.75 Å². The summed E-state index contributed by atoms with van der Waals surface area (Å²) in [5.41, 5.74) is 2.42. The largest absolute Gasteiger partial charge is 0.493 e. The first-order valence-electron chi connectivity index (χ1n) is 6.39. The third-order valence-electron chi connectivity index (χ3n) is 3.49. The number of hydrogen-bond acceptors (Lipinski definition) is 2. The smallest absolute Gasteiger partial charge is 0.136 e. The molecule has 2 heteroatoms. The van der Waals surface area contributed by atoms with Crippen molar-refractivity contribution in [2.24, 2.45) is 5.92 Å². The molecule has 1 aromatic carbocycles. The standard InChI is InChI=1S/C15H20O2/c1-11-6-7-15(12(2)10-11)17-9-8-13-4-3-5-14(13)16/h6-7,10,13H,3-5,8-9H2,1-2H3. The summed E-state index contributed by atoms with van der Waals surface area (Å²) in [6.07, 6.45) is 3.75. The predicted molar refractivity (Wildman–Crippen MR) is 68.4 cm³/mol.